The van der Waals surface area contributed by atoms with Gasteiger partial charge in [0.15, 0.2) is 0 Å². The highest BCUT2D eigenvalue weighted by molar-refractivity contribution is 5.60. The Balaban J connectivity index is 1.55. The first-order chi connectivity index (χ1) is 10.5. The third kappa shape index (κ3) is 1.49. The van der Waals surface area contributed by atoms with E-state index in [1.54, 1.807) is 0 Å². The van der Waals surface area contributed by atoms with Gasteiger partial charge in [0.05, 0.1) is 12.2 Å². The number of epoxide rings is 1. The maximum Gasteiger partial charge on any atom is 0.126 e. The molecule has 0 aromatic rings. The van der Waals surface area contributed by atoms with Crippen molar-refractivity contribution in [3.63, 3.8) is 0 Å². The van der Waals surface area contributed by atoms with Gasteiger partial charge in [-0.05, 0) is 80.0 Å². The van der Waals surface area contributed by atoms with Gasteiger partial charge in [-0.3, -0.25) is 0 Å². The molecule has 0 amide bonds. The third-order valence-corrected chi connectivity index (χ3v) is 9.13. The molecular weight excluding hydrogens is 272 g/mol. The van der Waals surface area contributed by atoms with E-state index < -0.39 is 0 Å². The summed E-state index contributed by atoms with van der Waals surface area (Å²) in [5, 5.41) is 0. The molecule has 7 atom stereocenters. The van der Waals surface area contributed by atoms with Crippen LogP contribution >= 0.6 is 0 Å². The zero-order chi connectivity index (χ0) is 15.2. The Bertz CT molecular complexity index is 524. The summed E-state index contributed by atoms with van der Waals surface area (Å²) in [6, 6.07) is 0. The lowest BCUT2D eigenvalue weighted by Gasteiger charge is -2.63. The van der Waals surface area contributed by atoms with Gasteiger partial charge in [-0.15, -0.1) is 0 Å². The lowest BCUT2D eigenvalue weighted by molar-refractivity contribution is -0.157. The predicted octanol–water partition coefficient (Wildman–Crippen LogP) is 4.37. The summed E-state index contributed by atoms with van der Waals surface area (Å²) in [7, 11) is 0. The van der Waals surface area contributed by atoms with Crippen LogP contribution < -0.4 is 0 Å². The summed E-state index contributed by atoms with van der Waals surface area (Å²) in [5.74, 6) is 2.32. The molecule has 5 rings (SSSR count). The zero-order valence-corrected chi connectivity index (χ0v) is 14.2. The van der Waals surface area contributed by atoms with E-state index in [0.29, 0.717) is 22.3 Å². The van der Waals surface area contributed by atoms with Crippen molar-refractivity contribution >= 4 is 6.29 Å². The second kappa shape index (κ2) is 3.99. The molecule has 0 N–H and O–H groups in total. The summed E-state index contributed by atoms with van der Waals surface area (Å²) in [4.78, 5) is 11.9. The Labute approximate surface area is 134 Å². The van der Waals surface area contributed by atoms with Crippen LogP contribution in [0.4, 0.5) is 0 Å². The molecule has 0 radical (unpaired) electrons. The summed E-state index contributed by atoms with van der Waals surface area (Å²) >= 11 is 0. The van der Waals surface area contributed by atoms with E-state index in [4.69, 9.17) is 4.74 Å². The molecule has 7 unspecified atom stereocenters. The normalized spacial score (nSPS) is 62.4. The van der Waals surface area contributed by atoms with E-state index in [0.717, 1.165) is 24.9 Å². The number of rotatable bonds is 1. The van der Waals surface area contributed by atoms with Crippen molar-refractivity contribution in [2.45, 2.75) is 77.2 Å². The number of hydrogen-bond donors (Lipinski definition) is 0. The van der Waals surface area contributed by atoms with Crippen molar-refractivity contribution in [1.82, 2.24) is 0 Å². The average Bonchev–Trinajstić information content (AvgIpc) is 3.22. The smallest absolute Gasteiger partial charge is 0.126 e. The van der Waals surface area contributed by atoms with Crippen LogP contribution in [0.3, 0.4) is 0 Å². The fraction of sp³-hybridized carbons (Fsp3) is 0.950. The van der Waals surface area contributed by atoms with Gasteiger partial charge in [0.25, 0.3) is 0 Å². The lowest BCUT2D eigenvalue weighted by Crippen LogP contribution is -2.56. The van der Waals surface area contributed by atoms with Crippen molar-refractivity contribution in [3.8, 4) is 0 Å². The molecule has 22 heavy (non-hydrogen) atoms. The first-order valence-electron chi connectivity index (χ1n) is 9.57. The van der Waals surface area contributed by atoms with E-state index in [1.807, 2.05) is 0 Å². The Morgan fingerprint density at radius 3 is 2.59 bits per heavy atom. The molecule has 2 nitrogen and oxygen atoms in total. The lowest BCUT2D eigenvalue weighted by atomic mass is 9.41. The van der Waals surface area contributed by atoms with E-state index in [9.17, 15) is 4.79 Å². The predicted molar refractivity (Wildman–Crippen MR) is 85.4 cm³/mol. The van der Waals surface area contributed by atoms with Gasteiger partial charge in [-0.25, -0.2) is 0 Å². The molecule has 4 aliphatic carbocycles. The van der Waals surface area contributed by atoms with E-state index in [-0.39, 0.29) is 5.41 Å². The first kappa shape index (κ1) is 14.0. The van der Waals surface area contributed by atoms with Crippen molar-refractivity contribution in [1.29, 1.82) is 0 Å². The van der Waals surface area contributed by atoms with Crippen LogP contribution in [0.15, 0.2) is 0 Å². The molecule has 0 aromatic carbocycles. The summed E-state index contributed by atoms with van der Waals surface area (Å²) in [6.07, 6.45) is 13.2. The Morgan fingerprint density at radius 1 is 1.05 bits per heavy atom. The molecule has 122 valence electrons. The molecule has 5 aliphatic rings. The quantitative estimate of drug-likeness (QED) is 0.532. The van der Waals surface area contributed by atoms with Crippen LogP contribution in [0.5, 0.6) is 0 Å². The van der Waals surface area contributed by atoms with Gasteiger partial charge in [-0.2, -0.15) is 0 Å². The van der Waals surface area contributed by atoms with Crippen LogP contribution in [0.25, 0.3) is 0 Å². The fourth-order valence-corrected chi connectivity index (χ4v) is 8.22. The maximum absolute atomic E-state index is 11.9. The third-order valence-electron chi connectivity index (χ3n) is 9.13. The summed E-state index contributed by atoms with van der Waals surface area (Å²) < 4.78 is 5.99. The minimum absolute atomic E-state index is 0.0577. The molecule has 1 saturated heterocycles. The van der Waals surface area contributed by atoms with Gasteiger partial charge in [0.1, 0.15) is 6.29 Å². The van der Waals surface area contributed by atoms with Crippen molar-refractivity contribution in [2.24, 2.45) is 34.0 Å². The highest BCUT2D eigenvalue weighted by Gasteiger charge is 2.71. The summed E-state index contributed by atoms with van der Waals surface area (Å²) in [6.45, 7) is 5.85. The summed E-state index contributed by atoms with van der Waals surface area (Å²) in [5.41, 5.74) is 1.21. The average molecular weight is 302 g/mol. The molecule has 2 heteroatoms. The molecule has 4 saturated carbocycles. The Kier molecular flexibility index (Phi) is 2.54. The van der Waals surface area contributed by atoms with E-state index >= 15 is 0 Å². The number of fused-ring (bicyclic) bond motifs is 4. The van der Waals surface area contributed by atoms with Crippen molar-refractivity contribution in [3.05, 3.63) is 0 Å². The van der Waals surface area contributed by atoms with Crippen LogP contribution in [-0.4, -0.2) is 18.5 Å². The van der Waals surface area contributed by atoms with Crippen molar-refractivity contribution in [2.75, 3.05) is 6.61 Å². The number of ether oxygens (including phenoxy) is 1. The minimum atomic E-state index is -0.0577. The standard InChI is InChI=1S/C20H30O2/c1-17(12-21)7-3-8-18(2)15(17)6-9-19-10-14(4-5-16(18)19)20(11-19)13-22-20/h12,14-16H,3-11,13H2,1-2H3. The van der Waals surface area contributed by atoms with Gasteiger partial charge in [0, 0.05) is 5.41 Å². The van der Waals surface area contributed by atoms with Crippen LogP contribution in [0, 0.1) is 34.0 Å². The molecule has 2 spiro atoms. The maximum atomic E-state index is 11.9. The van der Waals surface area contributed by atoms with Gasteiger partial charge in [-0.1, -0.05) is 20.3 Å². The SMILES string of the molecule is CC1(C=O)CCCC2(C)C1CCC13CC(CCC12)C1(CO1)C3. The Hall–Kier alpha value is -0.370. The number of carbonyl (C=O) groups excluding carboxylic acids is 1. The fourth-order valence-electron chi connectivity index (χ4n) is 8.22. The highest BCUT2D eigenvalue weighted by Crippen LogP contribution is 2.74. The second-order valence-corrected chi connectivity index (χ2v) is 10.00. The number of aldehydes is 1. The van der Waals surface area contributed by atoms with Gasteiger partial charge < -0.3 is 9.53 Å². The van der Waals surface area contributed by atoms with Crippen LogP contribution in [0.1, 0.15) is 71.6 Å². The van der Waals surface area contributed by atoms with E-state index in [2.05, 4.69) is 13.8 Å². The molecular formula is C20H30O2. The van der Waals surface area contributed by atoms with E-state index in [1.165, 1.54) is 57.7 Å². The van der Waals surface area contributed by atoms with Crippen LogP contribution in [-0.2, 0) is 9.53 Å². The van der Waals surface area contributed by atoms with Crippen LogP contribution in [0.2, 0.25) is 0 Å². The zero-order valence-electron chi connectivity index (χ0n) is 14.2. The van der Waals surface area contributed by atoms with Crippen molar-refractivity contribution < 1.29 is 9.53 Å². The van der Waals surface area contributed by atoms with Gasteiger partial charge >= 0.3 is 0 Å². The molecule has 0 aromatic heterocycles. The largest absolute Gasteiger partial charge is 0.369 e. The molecule has 1 heterocycles. The number of hydrogen-bond acceptors (Lipinski definition) is 2. The first-order valence-corrected chi connectivity index (χ1v) is 9.57. The molecule has 5 fully saturated rings. The second-order valence-electron chi connectivity index (χ2n) is 10.00. The van der Waals surface area contributed by atoms with Gasteiger partial charge in [0.2, 0.25) is 0 Å². The molecule has 1 aliphatic heterocycles. The Morgan fingerprint density at radius 2 is 1.86 bits per heavy atom. The topological polar surface area (TPSA) is 29.6 Å². The highest BCUT2D eigenvalue weighted by atomic mass is 16.6. The monoisotopic (exact) mass is 302 g/mol. The minimum Gasteiger partial charge on any atom is -0.369 e. The molecule has 2 bridgehead atoms. The number of carbonyl (C=O) groups is 1.